The second-order valence-electron chi connectivity index (χ2n) is 4.08. The van der Waals surface area contributed by atoms with Gasteiger partial charge in [0.1, 0.15) is 5.76 Å². The van der Waals surface area contributed by atoms with Crippen LogP contribution in [0.5, 0.6) is 0 Å². The van der Waals surface area contributed by atoms with E-state index in [4.69, 9.17) is 4.74 Å². The summed E-state index contributed by atoms with van der Waals surface area (Å²) >= 11 is 0. The van der Waals surface area contributed by atoms with E-state index in [2.05, 4.69) is 18.4 Å². The van der Waals surface area contributed by atoms with E-state index in [1.54, 1.807) is 6.26 Å². The van der Waals surface area contributed by atoms with Gasteiger partial charge in [-0.1, -0.05) is 19.6 Å². The van der Waals surface area contributed by atoms with Crippen LogP contribution in [0.2, 0.25) is 0 Å². The Morgan fingerprint density at radius 3 is 2.71 bits per heavy atom. The summed E-state index contributed by atoms with van der Waals surface area (Å²) in [5.74, 6) is 1.73. The molecule has 1 heterocycles. The van der Waals surface area contributed by atoms with Crippen molar-refractivity contribution in [2.75, 3.05) is 19.6 Å². The highest BCUT2D eigenvalue weighted by molar-refractivity contribution is 4.90. The van der Waals surface area contributed by atoms with Gasteiger partial charge in [0.2, 0.25) is 0 Å². The molecule has 14 heavy (non-hydrogen) atoms. The number of ether oxygens (including phenoxy) is 1. The highest BCUT2D eigenvalue weighted by Crippen LogP contribution is 2.16. The smallest absolute Gasteiger partial charge is 0.110 e. The molecule has 1 saturated heterocycles. The van der Waals surface area contributed by atoms with Gasteiger partial charge in [-0.2, -0.15) is 0 Å². The van der Waals surface area contributed by atoms with Crippen LogP contribution in [0.1, 0.15) is 26.7 Å². The summed E-state index contributed by atoms with van der Waals surface area (Å²) in [5, 5.41) is 0. The zero-order valence-electron chi connectivity index (χ0n) is 9.33. The fourth-order valence-electron chi connectivity index (χ4n) is 1.67. The van der Waals surface area contributed by atoms with Crippen molar-refractivity contribution in [3.63, 3.8) is 0 Å². The molecule has 0 aromatic heterocycles. The van der Waals surface area contributed by atoms with E-state index in [-0.39, 0.29) is 0 Å². The lowest BCUT2D eigenvalue weighted by molar-refractivity contribution is 0.179. The van der Waals surface area contributed by atoms with E-state index in [9.17, 15) is 0 Å². The van der Waals surface area contributed by atoms with Crippen molar-refractivity contribution in [2.24, 2.45) is 5.92 Å². The number of piperidine rings is 1. The van der Waals surface area contributed by atoms with Gasteiger partial charge >= 0.3 is 0 Å². The maximum absolute atomic E-state index is 5.30. The predicted octanol–water partition coefficient (Wildman–Crippen LogP) is 2.78. The summed E-state index contributed by atoms with van der Waals surface area (Å²) < 4.78 is 5.30. The predicted molar refractivity (Wildman–Crippen MR) is 59.9 cm³/mol. The third-order valence-corrected chi connectivity index (χ3v) is 2.65. The highest BCUT2D eigenvalue weighted by Gasteiger charge is 2.15. The minimum absolute atomic E-state index is 0.845. The van der Waals surface area contributed by atoms with E-state index in [1.165, 1.54) is 25.9 Å². The molecule has 0 aromatic carbocycles. The Kier molecular flexibility index (Phi) is 4.74. The molecule has 0 spiro atoms. The first-order chi connectivity index (χ1) is 6.72. The molecule has 1 aliphatic heterocycles. The minimum atomic E-state index is 0.845. The van der Waals surface area contributed by atoms with E-state index < -0.39 is 0 Å². The Morgan fingerprint density at radius 1 is 1.50 bits per heavy atom. The number of allylic oxidation sites excluding steroid dienone is 1. The molecule has 0 amide bonds. The SMILES string of the molecule is C=C(CN1CCC(C)CC1)O/C=C\C. The normalized spacial score (nSPS) is 20.1. The second kappa shape index (κ2) is 5.86. The largest absolute Gasteiger partial charge is 0.469 e. The number of hydrogen-bond donors (Lipinski definition) is 0. The lowest BCUT2D eigenvalue weighted by Crippen LogP contribution is -2.34. The molecule has 2 nitrogen and oxygen atoms in total. The van der Waals surface area contributed by atoms with E-state index >= 15 is 0 Å². The number of nitrogens with zero attached hydrogens (tertiary/aromatic N) is 1. The average Bonchev–Trinajstić information content (AvgIpc) is 2.18. The molecule has 2 heteroatoms. The van der Waals surface area contributed by atoms with Gasteiger partial charge in [0.15, 0.2) is 0 Å². The Bertz CT molecular complexity index is 202. The molecule has 1 rings (SSSR count). The Morgan fingerprint density at radius 2 is 2.14 bits per heavy atom. The number of hydrogen-bond acceptors (Lipinski definition) is 2. The maximum atomic E-state index is 5.30. The zero-order valence-corrected chi connectivity index (χ0v) is 9.33. The fourth-order valence-corrected chi connectivity index (χ4v) is 1.67. The Balaban J connectivity index is 2.20. The number of likely N-dealkylation sites (tertiary alicyclic amines) is 1. The average molecular weight is 195 g/mol. The Labute approximate surface area is 87.2 Å². The van der Waals surface area contributed by atoms with Crippen LogP contribution in [0, 0.1) is 5.92 Å². The maximum Gasteiger partial charge on any atom is 0.110 e. The summed E-state index contributed by atoms with van der Waals surface area (Å²) in [4.78, 5) is 2.41. The molecule has 0 bridgehead atoms. The van der Waals surface area contributed by atoms with Crippen molar-refractivity contribution in [2.45, 2.75) is 26.7 Å². The van der Waals surface area contributed by atoms with Crippen molar-refractivity contribution in [3.05, 3.63) is 24.7 Å². The van der Waals surface area contributed by atoms with Crippen molar-refractivity contribution in [3.8, 4) is 0 Å². The lowest BCUT2D eigenvalue weighted by atomic mass is 9.99. The van der Waals surface area contributed by atoms with Gasteiger partial charge in [0, 0.05) is 0 Å². The zero-order chi connectivity index (χ0) is 10.4. The summed E-state index contributed by atoms with van der Waals surface area (Å²) in [7, 11) is 0. The lowest BCUT2D eigenvalue weighted by Gasteiger charge is -2.30. The van der Waals surface area contributed by atoms with Crippen molar-refractivity contribution in [1.82, 2.24) is 4.90 Å². The molecule has 1 aliphatic rings. The van der Waals surface area contributed by atoms with Crippen LogP contribution in [0.25, 0.3) is 0 Å². The summed E-state index contributed by atoms with van der Waals surface area (Å²) in [6, 6.07) is 0. The van der Waals surface area contributed by atoms with Gasteiger partial charge in [-0.3, -0.25) is 4.90 Å². The van der Waals surface area contributed by atoms with Gasteiger partial charge in [-0.15, -0.1) is 0 Å². The van der Waals surface area contributed by atoms with Crippen LogP contribution in [0.4, 0.5) is 0 Å². The van der Waals surface area contributed by atoms with E-state index in [0.717, 1.165) is 18.2 Å². The van der Waals surface area contributed by atoms with Gasteiger partial charge in [0.05, 0.1) is 12.8 Å². The summed E-state index contributed by atoms with van der Waals surface area (Å²) in [6.45, 7) is 11.4. The molecule has 0 atom stereocenters. The van der Waals surface area contributed by atoms with Crippen LogP contribution in [-0.4, -0.2) is 24.5 Å². The van der Waals surface area contributed by atoms with Gasteiger partial charge < -0.3 is 4.74 Å². The Hall–Kier alpha value is -0.760. The molecule has 0 aromatic rings. The minimum Gasteiger partial charge on any atom is -0.469 e. The van der Waals surface area contributed by atoms with Gasteiger partial charge in [-0.05, 0) is 38.8 Å². The quantitative estimate of drug-likeness (QED) is 0.640. The van der Waals surface area contributed by atoms with Crippen molar-refractivity contribution >= 4 is 0 Å². The molecule has 1 fully saturated rings. The van der Waals surface area contributed by atoms with Crippen LogP contribution in [0.3, 0.4) is 0 Å². The monoisotopic (exact) mass is 195 g/mol. The molecule has 0 saturated carbocycles. The molecular formula is C12H21NO. The van der Waals surface area contributed by atoms with Crippen LogP contribution < -0.4 is 0 Å². The topological polar surface area (TPSA) is 12.5 Å². The van der Waals surface area contributed by atoms with Crippen LogP contribution in [-0.2, 0) is 4.74 Å². The van der Waals surface area contributed by atoms with E-state index in [0.29, 0.717) is 0 Å². The molecule has 80 valence electrons. The second-order valence-corrected chi connectivity index (χ2v) is 4.08. The summed E-state index contributed by atoms with van der Waals surface area (Å²) in [5.41, 5.74) is 0. The summed E-state index contributed by atoms with van der Waals surface area (Å²) in [6.07, 6.45) is 6.17. The number of rotatable bonds is 4. The standard InChI is InChI=1S/C12H21NO/c1-4-9-14-12(3)10-13-7-5-11(2)6-8-13/h4,9,11H,3,5-8,10H2,1-2H3/b9-4-. The van der Waals surface area contributed by atoms with Crippen molar-refractivity contribution < 1.29 is 4.74 Å². The molecule has 0 aliphatic carbocycles. The third-order valence-electron chi connectivity index (χ3n) is 2.65. The molecule has 0 N–H and O–H groups in total. The van der Waals surface area contributed by atoms with Crippen molar-refractivity contribution in [1.29, 1.82) is 0 Å². The first-order valence-corrected chi connectivity index (χ1v) is 5.40. The fraction of sp³-hybridized carbons (Fsp3) is 0.667. The first-order valence-electron chi connectivity index (χ1n) is 5.40. The van der Waals surface area contributed by atoms with Gasteiger partial charge in [0.25, 0.3) is 0 Å². The molecular weight excluding hydrogens is 174 g/mol. The van der Waals surface area contributed by atoms with Crippen LogP contribution >= 0.6 is 0 Å². The highest BCUT2D eigenvalue weighted by atomic mass is 16.5. The third kappa shape index (κ3) is 3.97. The molecule has 0 unspecified atom stereocenters. The molecule has 0 radical (unpaired) electrons. The first kappa shape index (κ1) is 11.3. The van der Waals surface area contributed by atoms with Gasteiger partial charge in [-0.25, -0.2) is 0 Å². The van der Waals surface area contributed by atoms with E-state index in [1.807, 2.05) is 13.0 Å². The van der Waals surface area contributed by atoms with Crippen LogP contribution in [0.15, 0.2) is 24.7 Å².